The number of rotatable bonds is 5. The van der Waals surface area contributed by atoms with Gasteiger partial charge in [-0.05, 0) is 31.2 Å². The second kappa shape index (κ2) is 8.35. The quantitative estimate of drug-likeness (QED) is 0.502. The molecule has 8 heteroatoms. The Bertz CT molecular complexity index is 1280. The zero-order valence-corrected chi connectivity index (χ0v) is 17.0. The molecule has 0 aliphatic rings. The number of anilines is 2. The molecule has 0 radical (unpaired) electrons. The Balaban J connectivity index is 1.76. The van der Waals surface area contributed by atoms with Gasteiger partial charge in [-0.3, -0.25) is 9.59 Å². The van der Waals surface area contributed by atoms with E-state index in [1.807, 2.05) is 37.3 Å². The molecule has 0 fully saturated rings. The van der Waals surface area contributed by atoms with Gasteiger partial charge < -0.3 is 10.6 Å². The van der Waals surface area contributed by atoms with E-state index >= 15 is 0 Å². The van der Waals surface area contributed by atoms with Crippen molar-refractivity contribution in [2.24, 2.45) is 0 Å². The molecule has 0 bridgehead atoms. The highest BCUT2D eigenvalue weighted by Gasteiger charge is 2.18. The molecular weight excluding hydrogens is 397 g/mol. The average molecular weight is 417 g/mol. The highest BCUT2D eigenvalue weighted by atomic mass is 19.1. The molecule has 4 aromatic rings. The second-order valence-electron chi connectivity index (χ2n) is 6.95. The van der Waals surface area contributed by atoms with Crippen LogP contribution in [-0.2, 0) is 11.3 Å². The third kappa shape index (κ3) is 4.13. The number of aromatic nitrogens is 3. The molecule has 0 atom stereocenters. The zero-order valence-electron chi connectivity index (χ0n) is 17.0. The third-order valence-electron chi connectivity index (χ3n) is 4.76. The van der Waals surface area contributed by atoms with Crippen molar-refractivity contribution < 1.29 is 14.0 Å². The number of halogens is 1. The minimum atomic E-state index is -0.588. The number of carbonyl (C=O) groups excluding carboxylic acids is 2. The Morgan fingerprint density at radius 2 is 1.84 bits per heavy atom. The first kappa shape index (κ1) is 20.2. The van der Waals surface area contributed by atoms with Gasteiger partial charge in [0.2, 0.25) is 5.91 Å². The molecule has 2 aromatic heterocycles. The number of nitrogens with one attached hydrogen (secondary N) is 2. The van der Waals surface area contributed by atoms with Crippen molar-refractivity contribution in [2.45, 2.75) is 20.4 Å². The summed E-state index contributed by atoms with van der Waals surface area (Å²) in [4.78, 5) is 29.2. The summed E-state index contributed by atoms with van der Waals surface area (Å²) in [7, 11) is 0. The van der Waals surface area contributed by atoms with Gasteiger partial charge in [0.25, 0.3) is 5.91 Å². The highest BCUT2D eigenvalue weighted by Crippen LogP contribution is 2.26. The van der Waals surface area contributed by atoms with E-state index in [0.29, 0.717) is 34.5 Å². The average Bonchev–Trinajstić information content (AvgIpc) is 3.18. The van der Waals surface area contributed by atoms with Crippen molar-refractivity contribution in [3.63, 3.8) is 0 Å². The maximum Gasteiger partial charge on any atom is 0.256 e. The van der Waals surface area contributed by atoms with Gasteiger partial charge in [-0.1, -0.05) is 30.3 Å². The lowest BCUT2D eigenvalue weighted by atomic mass is 10.1. The standard InChI is InChI=1S/C23H20FN5O2/c1-3-29-22-18(13-25-29)17(12-20(28-22)15-7-5-4-6-8-15)23(31)27-16-9-10-19(24)21(11-16)26-14(2)30/h4-13H,3H2,1-2H3,(H,26,30)(H,27,31). The fraction of sp³-hybridized carbons (Fsp3) is 0.130. The van der Waals surface area contributed by atoms with E-state index in [2.05, 4.69) is 15.7 Å². The van der Waals surface area contributed by atoms with Crippen LogP contribution in [-0.4, -0.2) is 26.6 Å². The topological polar surface area (TPSA) is 88.9 Å². The number of pyridine rings is 1. The van der Waals surface area contributed by atoms with Gasteiger partial charge in [0.05, 0.1) is 28.5 Å². The van der Waals surface area contributed by atoms with Crippen molar-refractivity contribution >= 4 is 34.2 Å². The summed E-state index contributed by atoms with van der Waals surface area (Å²) >= 11 is 0. The van der Waals surface area contributed by atoms with Gasteiger partial charge in [0, 0.05) is 24.7 Å². The number of carbonyl (C=O) groups is 2. The number of fused-ring (bicyclic) bond motifs is 1. The van der Waals surface area contributed by atoms with E-state index in [0.717, 1.165) is 5.56 Å². The van der Waals surface area contributed by atoms with Crippen molar-refractivity contribution in [1.82, 2.24) is 14.8 Å². The molecule has 0 unspecified atom stereocenters. The van der Waals surface area contributed by atoms with Gasteiger partial charge in [-0.15, -0.1) is 0 Å². The van der Waals surface area contributed by atoms with E-state index in [4.69, 9.17) is 4.98 Å². The van der Waals surface area contributed by atoms with E-state index in [9.17, 15) is 14.0 Å². The first-order chi connectivity index (χ1) is 15.0. The van der Waals surface area contributed by atoms with Crippen LogP contribution < -0.4 is 10.6 Å². The van der Waals surface area contributed by atoms with Crippen molar-refractivity contribution in [2.75, 3.05) is 10.6 Å². The molecule has 156 valence electrons. The van der Waals surface area contributed by atoms with E-state index in [1.165, 1.54) is 25.1 Å². The summed E-state index contributed by atoms with van der Waals surface area (Å²) in [5, 5.41) is 10.1. The molecule has 2 amide bonds. The van der Waals surface area contributed by atoms with Crippen LogP contribution in [0.3, 0.4) is 0 Å². The van der Waals surface area contributed by atoms with Crippen LogP contribution >= 0.6 is 0 Å². The smallest absolute Gasteiger partial charge is 0.256 e. The van der Waals surface area contributed by atoms with Crippen LogP contribution in [0.25, 0.3) is 22.3 Å². The third-order valence-corrected chi connectivity index (χ3v) is 4.76. The fourth-order valence-electron chi connectivity index (χ4n) is 3.31. The van der Waals surface area contributed by atoms with Crippen molar-refractivity contribution in [3.8, 4) is 11.3 Å². The number of benzene rings is 2. The second-order valence-corrected chi connectivity index (χ2v) is 6.95. The van der Waals surface area contributed by atoms with Crippen LogP contribution in [0.5, 0.6) is 0 Å². The van der Waals surface area contributed by atoms with Gasteiger partial charge in [0.1, 0.15) is 5.82 Å². The van der Waals surface area contributed by atoms with Crippen LogP contribution in [0.2, 0.25) is 0 Å². The maximum atomic E-state index is 13.9. The Labute approximate surface area is 177 Å². The Morgan fingerprint density at radius 1 is 1.06 bits per heavy atom. The Hall–Kier alpha value is -4.07. The summed E-state index contributed by atoms with van der Waals surface area (Å²) in [6.45, 7) is 3.84. The van der Waals surface area contributed by atoms with Crippen LogP contribution in [0, 0.1) is 5.82 Å². The van der Waals surface area contributed by atoms with E-state index in [-0.39, 0.29) is 11.6 Å². The molecule has 31 heavy (non-hydrogen) atoms. The number of hydrogen-bond acceptors (Lipinski definition) is 4. The first-order valence-electron chi connectivity index (χ1n) is 9.76. The fourth-order valence-corrected chi connectivity index (χ4v) is 3.31. The monoisotopic (exact) mass is 417 g/mol. The molecule has 0 saturated carbocycles. The summed E-state index contributed by atoms with van der Waals surface area (Å²) in [5.41, 5.74) is 2.86. The minimum Gasteiger partial charge on any atom is -0.324 e. The summed E-state index contributed by atoms with van der Waals surface area (Å²) in [6, 6.07) is 15.3. The molecule has 2 aromatic carbocycles. The lowest BCUT2D eigenvalue weighted by Crippen LogP contribution is -2.14. The normalized spacial score (nSPS) is 10.8. The van der Waals surface area contributed by atoms with Crippen molar-refractivity contribution in [1.29, 1.82) is 0 Å². The minimum absolute atomic E-state index is 0.00560. The number of aryl methyl sites for hydroxylation is 1. The lowest BCUT2D eigenvalue weighted by molar-refractivity contribution is -0.114. The van der Waals surface area contributed by atoms with Gasteiger partial charge in [-0.2, -0.15) is 5.10 Å². The Kier molecular flexibility index (Phi) is 5.44. The molecule has 2 N–H and O–H groups in total. The summed E-state index contributed by atoms with van der Waals surface area (Å²) in [5.74, 6) is -1.38. The SMILES string of the molecule is CCn1ncc2c(C(=O)Nc3ccc(F)c(NC(C)=O)c3)cc(-c3ccccc3)nc21. The molecule has 0 aliphatic carbocycles. The van der Waals surface area contributed by atoms with Crippen LogP contribution in [0.15, 0.2) is 60.8 Å². The van der Waals surface area contributed by atoms with Gasteiger partial charge in [-0.25, -0.2) is 14.1 Å². The molecule has 4 rings (SSSR count). The number of amides is 2. The number of hydrogen-bond donors (Lipinski definition) is 2. The molecule has 7 nitrogen and oxygen atoms in total. The predicted octanol–water partition coefficient (Wildman–Crippen LogP) is 4.47. The zero-order chi connectivity index (χ0) is 22.0. The van der Waals surface area contributed by atoms with Gasteiger partial charge >= 0.3 is 0 Å². The number of nitrogens with zero attached hydrogens (tertiary/aromatic N) is 3. The first-order valence-corrected chi connectivity index (χ1v) is 9.76. The van der Waals surface area contributed by atoms with Crippen molar-refractivity contribution in [3.05, 3.63) is 72.2 Å². The predicted molar refractivity (Wildman–Crippen MR) is 117 cm³/mol. The van der Waals surface area contributed by atoms with Crippen LogP contribution in [0.4, 0.5) is 15.8 Å². The molecule has 2 heterocycles. The maximum absolute atomic E-state index is 13.9. The summed E-state index contributed by atoms with van der Waals surface area (Å²) < 4.78 is 15.7. The largest absolute Gasteiger partial charge is 0.324 e. The Morgan fingerprint density at radius 3 is 2.55 bits per heavy atom. The van der Waals surface area contributed by atoms with E-state index in [1.54, 1.807) is 16.9 Å². The highest BCUT2D eigenvalue weighted by molar-refractivity contribution is 6.12. The lowest BCUT2D eigenvalue weighted by Gasteiger charge is -2.11. The van der Waals surface area contributed by atoms with E-state index < -0.39 is 11.7 Å². The molecular formula is C23H20FN5O2. The molecule has 0 saturated heterocycles. The molecule has 0 spiro atoms. The van der Waals surface area contributed by atoms with Gasteiger partial charge in [0.15, 0.2) is 5.65 Å². The summed E-state index contributed by atoms with van der Waals surface area (Å²) in [6.07, 6.45) is 1.61. The van der Waals surface area contributed by atoms with Crippen LogP contribution in [0.1, 0.15) is 24.2 Å². The molecule has 0 aliphatic heterocycles.